The number of amides is 2. The van der Waals surface area contributed by atoms with E-state index in [4.69, 9.17) is 4.74 Å². The van der Waals surface area contributed by atoms with Crippen LogP contribution in [0.15, 0.2) is 48.5 Å². The number of ether oxygens (including phenoxy) is 1. The summed E-state index contributed by atoms with van der Waals surface area (Å²) in [5.41, 5.74) is 0.868. The van der Waals surface area contributed by atoms with Crippen molar-refractivity contribution < 1.29 is 18.7 Å². The average Bonchev–Trinajstić information content (AvgIpc) is 3.02. The van der Waals surface area contributed by atoms with Crippen LogP contribution in [0.2, 0.25) is 0 Å². The molecule has 6 heteroatoms. The van der Waals surface area contributed by atoms with Crippen LogP contribution in [0, 0.1) is 5.82 Å². The lowest BCUT2D eigenvalue weighted by Crippen LogP contribution is -2.41. The lowest BCUT2D eigenvalue weighted by molar-refractivity contribution is -0.125. The Morgan fingerprint density at radius 3 is 2.71 bits per heavy atom. The summed E-state index contributed by atoms with van der Waals surface area (Å²) in [6.07, 6.45) is 0.914. The lowest BCUT2D eigenvalue weighted by atomic mass is 10.2. The highest BCUT2D eigenvalue weighted by Gasteiger charge is 2.26. The molecular formula is C18H17FN2O3. The Labute approximate surface area is 138 Å². The fourth-order valence-corrected chi connectivity index (χ4v) is 2.48. The van der Waals surface area contributed by atoms with Gasteiger partial charge in [-0.3, -0.25) is 9.59 Å². The summed E-state index contributed by atoms with van der Waals surface area (Å²) in [4.78, 5) is 23.1. The minimum absolute atomic E-state index is 0.0927. The molecule has 2 aromatic carbocycles. The van der Waals surface area contributed by atoms with Gasteiger partial charge in [0.1, 0.15) is 23.4 Å². The summed E-state index contributed by atoms with van der Waals surface area (Å²) in [6, 6.07) is 12.6. The maximum Gasteiger partial charge on any atom is 0.242 e. The number of hydrogen-bond donors (Lipinski definition) is 2. The van der Waals surface area contributed by atoms with E-state index in [-0.39, 0.29) is 17.6 Å². The first-order chi connectivity index (χ1) is 11.6. The Morgan fingerprint density at radius 1 is 1.21 bits per heavy atom. The van der Waals surface area contributed by atoms with E-state index < -0.39 is 6.04 Å². The van der Waals surface area contributed by atoms with Gasteiger partial charge in [-0.2, -0.15) is 0 Å². The average molecular weight is 328 g/mol. The van der Waals surface area contributed by atoms with Gasteiger partial charge in [0.15, 0.2) is 0 Å². The first-order valence-electron chi connectivity index (χ1n) is 7.69. The monoisotopic (exact) mass is 328 g/mol. The smallest absolute Gasteiger partial charge is 0.242 e. The van der Waals surface area contributed by atoms with E-state index in [9.17, 15) is 14.0 Å². The van der Waals surface area contributed by atoms with Crippen molar-refractivity contribution in [2.24, 2.45) is 0 Å². The molecule has 1 saturated heterocycles. The summed E-state index contributed by atoms with van der Waals surface area (Å²) in [6.45, 7) is 0.339. The fourth-order valence-electron chi connectivity index (χ4n) is 2.48. The summed E-state index contributed by atoms with van der Waals surface area (Å²) in [5, 5.41) is 5.43. The number of hydrogen-bond acceptors (Lipinski definition) is 3. The normalized spacial score (nSPS) is 16.5. The number of benzene rings is 2. The molecule has 5 nitrogen and oxygen atoms in total. The van der Waals surface area contributed by atoms with Crippen molar-refractivity contribution in [2.75, 3.05) is 0 Å². The van der Waals surface area contributed by atoms with Crippen molar-refractivity contribution in [3.05, 3.63) is 59.9 Å². The van der Waals surface area contributed by atoms with Crippen molar-refractivity contribution in [2.45, 2.75) is 25.4 Å². The van der Waals surface area contributed by atoms with E-state index in [1.165, 1.54) is 12.1 Å². The molecule has 1 aliphatic heterocycles. The maximum atomic E-state index is 12.9. The first kappa shape index (κ1) is 16.0. The second-order valence-corrected chi connectivity index (χ2v) is 5.58. The van der Waals surface area contributed by atoms with E-state index in [1.54, 1.807) is 24.3 Å². The molecule has 1 unspecified atom stereocenters. The molecule has 0 aromatic heterocycles. The van der Waals surface area contributed by atoms with Crippen LogP contribution in [0.25, 0.3) is 0 Å². The predicted molar refractivity (Wildman–Crippen MR) is 85.9 cm³/mol. The zero-order valence-corrected chi connectivity index (χ0v) is 12.9. The molecule has 1 heterocycles. The molecule has 1 fully saturated rings. The van der Waals surface area contributed by atoms with Crippen LogP contribution in [-0.2, 0) is 16.1 Å². The van der Waals surface area contributed by atoms with E-state index in [1.807, 2.05) is 12.1 Å². The first-order valence-corrected chi connectivity index (χ1v) is 7.69. The number of carbonyl (C=O) groups excluding carboxylic acids is 2. The van der Waals surface area contributed by atoms with Gasteiger partial charge in [0, 0.05) is 13.0 Å². The van der Waals surface area contributed by atoms with Gasteiger partial charge in [0.05, 0.1) is 0 Å². The second-order valence-electron chi connectivity index (χ2n) is 5.58. The van der Waals surface area contributed by atoms with Gasteiger partial charge >= 0.3 is 0 Å². The summed E-state index contributed by atoms with van der Waals surface area (Å²) < 4.78 is 18.6. The Bertz CT molecular complexity index is 746. The van der Waals surface area contributed by atoms with Crippen LogP contribution in [0.4, 0.5) is 4.39 Å². The van der Waals surface area contributed by atoms with Gasteiger partial charge in [-0.25, -0.2) is 4.39 Å². The predicted octanol–water partition coefficient (Wildman–Crippen LogP) is 2.51. The van der Waals surface area contributed by atoms with Gasteiger partial charge in [-0.15, -0.1) is 0 Å². The van der Waals surface area contributed by atoms with Crippen LogP contribution in [0.1, 0.15) is 18.4 Å². The largest absolute Gasteiger partial charge is 0.457 e. The van der Waals surface area contributed by atoms with Gasteiger partial charge in [0.2, 0.25) is 11.8 Å². The van der Waals surface area contributed by atoms with E-state index in [0.29, 0.717) is 30.9 Å². The third-order valence-corrected chi connectivity index (χ3v) is 3.73. The quantitative estimate of drug-likeness (QED) is 0.886. The minimum atomic E-state index is -0.448. The van der Waals surface area contributed by atoms with Crippen molar-refractivity contribution in [1.29, 1.82) is 0 Å². The molecule has 2 aromatic rings. The Hall–Kier alpha value is -2.89. The molecule has 3 rings (SSSR count). The number of carbonyl (C=O) groups is 2. The highest BCUT2D eigenvalue weighted by atomic mass is 19.1. The molecule has 2 amide bonds. The fraction of sp³-hybridized carbons (Fsp3) is 0.222. The van der Waals surface area contributed by atoms with E-state index in [2.05, 4.69) is 10.6 Å². The SMILES string of the molecule is O=C1CCC(C(=O)NCc2cccc(Oc3ccc(F)cc3)c2)N1. The van der Waals surface area contributed by atoms with Crippen LogP contribution >= 0.6 is 0 Å². The Kier molecular flexibility index (Phi) is 4.74. The number of nitrogens with one attached hydrogen (secondary N) is 2. The van der Waals surface area contributed by atoms with Crippen LogP contribution in [-0.4, -0.2) is 17.9 Å². The molecule has 0 saturated carbocycles. The third kappa shape index (κ3) is 4.10. The highest BCUT2D eigenvalue weighted by molar-refractivity contribution is 5.90. The van der Waals surface area contributed by atoms with Crippen LogP contribution in [0.5, 0.6) is 11.5 Å². The van der Waals surface area contributed by atoms with Crippen LogP contribution < -0.4 is 15.4 Å². The number of rotatable bonds is 5. The zero-order valence-electron chi connectivity index (χ0n) is 12.9. The van der Waals surface area contributed by atoms with Crippen molar-refractivity contribution in [1.82, 2.24) is 10.6 Å². The summed E-state index contributed by atoms with van der Waals surface area (Å²) in [5.74, 6) is 0.530. The molecule has 0 aliphatic carbocycles. The zero-order chi connectivity index (χ0) is 16.9. The minimum Gasteiger partial charge on any atom is -0.457 e. The molecule has 1 aliphatic rings. The molecule has 0 radical (unpaired) electrons. The summed E-state index contributed by atoms with van der Waals surface area (Å²) in [7, 11) is 0. The van der Waals surface area contributed by atoms with E-state index in [0.717, 1.165) is 5.56 Å². The van der Waals surface area contributed by atoms with Crippen molar-refractivity contribution >= 4 is 11.8 Å². The molecule has 0 spiro atoms. The standard InChI is InChI=1S/C18H17FN2O3/c19-13-4-6-14(7-5-13)24-15-3-1-2-12(10-15)11-20-18(23)16-8-9-17(22)21-16/h1-7,10,16H,8-9,11H2,(H,20,23)(H,21,22). The topological polar surface area (TPSA) is 67.4 Å². The lowest BCUT2D eigenvalue weighted by Gasteiger charge is -2.12. The summed E-state index contributed by atoms with van der Waals surface area (Å²) >= 11 is 0. The van der Waals surface area contributed by atoms with Gasteiger partial charge in [-0.05, 0) is 48.4 Å². The maximum absolute atomic E-state index is 12.9. The van der Waals surface area contributed by atoms with Gasteiger partial charge in [0.25, 0.3) is 0 Å². The van der Waals surface area contributed by atoms with Crippen LogP contribution in [0.3, 0.4) is 0 Å². The Balaban J connectivity index is 1.57. The van der Waals surface area contributed by atoms with Gasteiger partial charge < -0.3 is 15.4 Å². The van der Waals surface area contributed by atoms with E-state index >= 15 is 0 Å². The molecule has 24 heavy (non-hydrogen) atoms. The molecular weight excluding hydrogens is 311 g/mol. The second kappa shape index (κ2) is 7.12. The number of halogens is 1. The molecule has 2 N–H and O–H groups in total. The highest BCUT2D eigenvalue weighted by Crippen LogP contribution is 2.22. The molecule has 124 valence electrons. The molecule has 1 atom stereocenters. The van der Waals surface area contributed by atoms with Crippen molar-refractivity contribution in [3.63, 3.8) is 0 Å². The van der Waals surface area contributed by atoms with Gasteiger partial charge in [-0.1, -0.05) is 12.1 Å². The van der Waals surface area contributed by atoms with Crippen molar-refractivity contribution in [3.8, 4) is 11.5 Å². The third-order valence-electron chi connectivity index (χ3n) is 3.73. The Morgan fingerprint density at radius 2 is 2.00 bits per heavy atom. The molecule has 0 bridgehead atoms.